The lowest BCUT2D eigenvalue weighted by Gasteiger charge is -2.25. The molecule has 1 aliphatic heterocycles. The molecule has 8 heteroatoms. The van der Waals surface area contributed by atoms with Crippen LogP contribution in [0.3, 0.4) is 0 Å². The maximum absolute atomic E-state index is 11.5. The normalized spacial score (nSPS) is 18.8. The fourth-order valence-electron chi connectivity index (χ4n) is 3.99. The van der Waals surface area contributed by atoms with E-state index in [4.69, 9.17) is 14.5 Å². The van der Waals surface area contributed by atoms with Crippen LogP contribution in [0.1, 0.15) is 24.6 Å². The number of carbonyl (C=O) groups excluding carboxylic acids is 1. The second kappa shape index (κ2) is 8.14. The van der Waals surface area contributed by atoms with Gasteiger partial charge < -0.3 is 24.5 Å². The molecule has 1 aliphatic rings. The van der Waals surface area contributed by atoms with Crippen molar-refractivity contribution in [1.29, 1.82) is 0 Å². The summed E-state index contributed by atoms with van der Waals surface area (Å²) in [6.45, 7) is 2.92. The van der Waals surface area contributed by atoms with Crippen molar-refractivity contribution >= 4 is 22.6 Å². The molecule has 2 N–H and O–H groups in total. The van der Waals surface area contributed by atoms with Crippen LogP contribution in [0.15, 0.2) is 30.6 Å². The number of nitrogens with one attached hydrogen (secondary N) is 1. The van der Waals surface area contributed by atoms with Gasteiger partial charge in [-0.15, -0.1) is 0 Å². The molecule has 0 spiro atoms. The Hall–Kier alpha value is -2.81. The van der Waals surface area contributed by atoms with E-state index in [1.165, 1.54) is 6.92 Å². The number of hydrogen-bond donors (Lipinski definition) is 2. The Bertz CT molecular complexity index is 1090. The van der Waals surface area contributed by atoms with E-state index >= 15 is 0 Å². The van der Waals surface area contributed by atoms with Gasteiger partial charge in [-0.05, 0) is 30.2 Å². The monoisotopic (exact) mass is 410 g/mol. The van der Waals surface area contributed by atoms with Crippen molar-refractivity contribution in [3.8, 4) is 11.3 Å². The highest BCUT2D eigenvalue weighted by Gasteiger charge is 2.38. The van der Waals surface area contributed by atoms with E-state index in [0.29, 0.717) is 25.6 Å². The third kappa shape index (κ3) is 3.69. The average molecular weight is 410 g/mol. The Labute approximate surface area is 174 Å². The number of nitrogens with zero attached hydrogens (tertiary/aromatic N) is 3. The summed E-state index contributed by atoms with van der Waals surface area (Å²) in [6, 6.07) is 5.85. The number of fused-ring (bicyclic) bond motifs is 1. The minimum atomic E-state index is -0.508. The molecule has 1 fully saturated rings. The molecular formula is C22H26N4O4. The summed E-state index contributed by atoms with van der Waals surface area (Å²) >= 11 is 0. The van der Waals surface area contributed by atoms with E-state index < -0.39 is 5.41 Å². The first-order valence-corrected chi connectivity index (χ1v) is 9.88. The van der Waals surface area contributed by atoms with Crippen LogP contribution < -0.4 is 5.32 Å². The molecule has 30 heavy (non-hydrogen) atoms. The Morgan fingerprint density at radius 3 is 2.90 bits per heavy atom. The van der Waals surface area contributed by atoms with Crippen molar-refractivity contribution in [2.75, 3.05) is 32.2 Å². The zero-order chi connectivity index (χ0) is 21.3. The number of amides is 1. The fraction of sp³-hybridized carbons (Fsp3) is 0.409. The second-order valence-corrected chi connectivity index (χ2v) is 7.84. The highest BCUT2D eigenvalue weighted by Crippen LogP contribution is 2.36. The molecule has 3 aromatic rings. The van der Waals surface area contributed by atoms with Crippen LogP contribution in [0.25, 0.3) is 22.2 Å². The predicted molar refractivity (Wildman–Crippen MR) is 113 cm³/mol. The van der Waals surface area contributed by atoms with E-state index in [-0.39, 0.29) is 12.5 Å². The van der Waals surface area contributed by atoms with E-state index in [0.717, 1.165) is 39.8 Å². The zero-order valence-corrected chi connectivity index (χ0v) is 17.4. The summed E-state index contributed by atoms with van der Waals surface area (Å²) < 4.78 is 13.0. The lowest BCUT2D eigenvalue weighted by molar-refractivity contribution is -0.114. The Balaban J connectivity index is 1.89. The van der Waals surface area contributed by atoms with Gasteiger partial charge in [0.25, 0.3) is 0 Å². The molecule has 4 rings (SSSR count). The summed E-state index contributed by atoms with van der Waals surface area (Å²) in [5.41, 5.74) is 3.91. The lowest BCUT2D eigenvalue weighted by Crippen LogP contribution is -2.32. The SMILES string of the molecule is COCc1cc(-c2cn(C)c3cnc(NC(C)=O)cc23)nc(C2(CO)CCOC2)c1. The highest BCUT2D eigenvalue weighted by molar-refractivity contribution is 5.98. The van der Waals surface area contributed by atoms with Crippen molar-refractivity contribution in [2.45, 2.75) is 25.4 Å². The number of aliphatic hydroxyl groups is 1. The molecule has 0 bridgehead atoms. The van der Waals surface area contributed by atoms with Crippen LogP contribution in [0, 0.1) is 0 Å². The number of aryl methyl sites for hydroxylation is 1. The van der Waals surface area contributed by atoms with Crippen molar-refractivity contribution < 1.29 is 19.4 Å². The van der Waals surface area contributed by atoms with Crippen molar-refractivity contribution in [1.82, 2.24) is 14.5 Å². The number of rotatable bonds is 6. The largest absolute Gasteiger partial charge is 0.395 e. The lowest BCUT2D eigenvalue weighted by atomic mass is 9.83. The van der Waals surface area contributed by atoms with Crippen molar-refractivity contribution in [3.05, 3.63) is 41.9 Å². The molecule has 4 heterocycles. The fourth-order valence-corrected chi connectivity index (χ4v) is 3.99. The van der Waals surface area contributed by atoms with Crippen LogP contribution in [0.2, 0.25) is 0 Å². The molecule has 158 valence electrons. The van der Waals surface area contributed by atoms with Gasteiger partial charge in [-0.3, -0.25) is 9.78 Å². The molecule has 3 aromatic heterocycles. The van der Waals surface area contributed by atoms with E-state index in [2.05, 4.69) is 10.3 Å². The number of methoxy groups -OCH3 is 1. The van der Waals surface area contributed by atoms with Gasteiger partial charge in [-0.25, -0.2) is 4.98 Å². The second-order valence-electron chi connectivity index (χ2n) is 7.84. The van der Waals surface area contributed by atoms with E-state index in [9.17, 15) is 9.90 Å². The summed E-state index contributed by atoms with van der Waals surface area (Å²) in [5, 5.41) is 13.8. The first-order valence-electron chi connectivity index (χ1n) is 9.88. The molecule has 1 atom stereocenters. The quantitative estimate of drug-likeness (QED) is 0.648. The molecule has 0 aliphatic carbocycles. The third-order valence-electron chi connectivity index (χ3n) is 5.60. The molecule has 0 saturated carbocycles. The van der Waals surface area contributed by atoms with E-state index in [1.807, 2.05) is 36.0 Å². The highest BCUT2D eigenvalue weighted by atomic mass is 16.5. The van der Waals surface area contributed by atoms with Crippen LogP contribution in [-0.4, -0.2) is 52.5 Å². The van der Waals surface area contributed by atoms with Crippen LogP contribution in [-0.2, 0) is 33.3 Å². The number of pyridine rings is 2. The van der Waals surface area contributed by atoms with Gasteiger partial charge in [-0.2, -0.15) is 0 Å². The van der Waals surface area contributed by atoms with Crippen LogP contribution >= 0.6 is 0 Å². The molecular weight excluding hydrogens is 384 g/mol. The summed E-state index contributed by atoms with van der Waals surface area (Å²) in [4.78, 5) is 20.7. The molecule has 1 unspecified atom stereocenters. The molecule has 1 saturated heterocycles. The number of carbonyl (C=O) groups is 1. The number of ether oxygens (including phenoxy) is 2. The van der Waals surface area contributed by atoms with Crippen LogP contribution in [0.4, 0.5) is 5.82 Å². The van der Waals surface area contributed by atoms with Gasteiger partial charge in [0.05, 0.1) is 48.3 Å². The Morgan fingerprint density at radius 2 is 2.23 bits per heavy atom. The van der Waals surface area contributed by atoms with Gasteiger partial charge >= 0.3 is 0 Å². The maximum atomic E-state index is 11.5. The standard InChI is InChI=1S/C22H26N4O4/c1-14(28)24-21-8-16-17(10-26(2)19(16)9-23-21)18-6-15(11-29-3)7-20(25-18)22(12-27)4-5-30-13-22/h6-10,27H,4-5,11-13H2,1-3H3,(H,23,24,28). The minimum absolute atomic E-state index is 0.0258. The van der Waals surface area contributed by atoms with Crippen molar-refractivity contribution in [3.63, 3.8) is 0 Å². The van der Waals surface area contributed by atoms with Gasteiger partial charge in [0.2, 0.25) is 5.91 Å². The first-order chi connectivity index (χ1) is 14.5. The molecule has 8 nitrogen and oxygen atoms in total. The van der Waals surface area contributed by atoms with E-state index in [1.54, 1.807) is 13.3 Å². The number of aliphatic hydroxyl groups excluding tert-OH is 1. The third-order valence-corrected chi connectivity index (χ3v) is 5.60. The summed E-state index contributed by atoms with van der Waals surface area (Å²) in [6.07, 6.45) is 4.46. The molecule has 0 aromatic carbocycles. The predicted octanol–water partition coefficient (Wildman–Crippen LogP) is 2.39. The first kappa shape index (κ1) is 20.5. The molecule has 0 radical (unpaired) electrons. The number of aromatic nitrogens is 3. The average Bonchev–Trinajstić information content (AvgIpc) is 3.33. The number of hydrogen-bond acceptors (Lipinski definition) is 6. The van der Waals surface area contributed by atoms with Gasteiger partial charge in [-0.1, -0.05) is 0 Å². The maximum Gasteiger partial charge on any atom is 0.222 e. The molecule has 1 amide bonds. The van der Waals surface area contributed by atoms with Gasteiger partial charge in [0.15, 0.2) is 0 Å². The topological polar surface area (TPSA) is 98.5 Å². The smallest absolute Gasteiger partial charge is 0.222 e. The minimum Gasteiger partial charge on any atom is -0.395 e. The Morgan fingerprint density at radius 1 is 1.40 bits per heavy atom. The zero-order valence-electron chi connectivity index (χ0n) is 17.4. The summed E-state index contributed by atoms with van der Waals surface area (Å²) in [5.74, 6) is 0.319. The van der Waals surface area contributed by atoms with Crippen LogP contribution in [0.5, 0.6) is 0 Å². The van der Waals surface area contributed by atoms with Gasteiger partial charge in [0, 0.05) is 44.8 Å². The van der Waals surface area contributed by atoms with Gasteiger partial charge in [0.1, 0.15) is 5.82 Å². The summed E-state index contributed by atoms with van der Waals surface area (Å²) in [7, 11) is 3.61. The number of anilines is 1. The Kier molecular flexibility index (Phi) is 5.55. The van der Waals surface area contributed by atoms with Crippen molar-refractivity contribution in [2.24, 2.45) is 7.05 Å².